The lowest BCUT2D eigenvalue weighted by atomic mass is 10.3. The molecule has 0 rings (SSSR count). The van der Waals surface area contributed by atoms with E-state index in [-0.39, 0.29) is 19.6 Å². The van der Waals surface area contributed by atoms with Crippen molar-refractivity contribution in [3.63, 3.8) is 0 Å². The summed E-state index contributed by atoms with van der Waals surface area (Å²) in [4.78, 5) is 0. The van der Waals surface area contributed by atoms with Gasteiger partial charge in [-0.2, -0.15) is 8.78 Å². The second-order valence-corrected chi connectivity index (χ2v) is 4.91. The van der Waals surface area contributed by atoms with Crippen molar-refractivity contribution in [3.8, 4) is 0 Å². The first-order valence-electron chi connectivity index (χ1n) is 4.70. The van der Waals surface area contributed by atoms with E-state index in [2.05, 4.69) is 9.05 Å². The first-order chi connectivity index (χ1) is 6.43. The van der Waals surface area contributed by atoms with E-state index >= 15 is 0 Å². The summed E-state index contributed by atoms with van der Waals surface area (Å²) in [7, 11) is -4.27. The van der Waals surface area contributed by atoms with Crippen molar-refractivity contribution in [3.05, 3.63) is 0 Å². The van der Waals surface area contributed by atoms with Crippen molar-refractivity contribution >= 4 is 7.60 Å². The summed E-state index contributed by atoms with van der Waals surface area (Å²) in [5.74, 6) is 0. The fourth-order valence-electron chi connectivity index (χ4n) is 1.00. The Bertz CT molecular complexity index is 199. The van der Waals surface area contributed by atoms with Crippen molar-refractivity contribution in [2.45, 2.75) is 39.3 Å². The van der Waals surface area contributed by atoms with Gasteiger partial charge >= 0.3 is 13.3 Å². The standard InChI is InChI=1S/C8H17F2O3P/c1-4-7-8(9,10)14(11,12-5-2)13-6-3/h4-7H2,1-3H3. The number of hydrogen-bond acceptors (Lipinski definition) is 3. The van der Waals surface area contributed by atoms with Crippen LogP contribution in [-0.2, 0) is 13.6 Å². The molecule has 0 spiro atoms. The topological polar surface area (TPSA) is 35.5 Å². The molecule has 0 aromatic carbocycles. The van der Waals surface area contributed by atoms with Gasteiger partial charge in [-0.15, -0.1) is 0 Å². The van der Waals surface area contributed by atoms with Crippen LogP contribution in [0.2, 0.25) is 0 Å². The third-order valence-electron chi connectivity index (χ3n) is 1.55. The maximum atomic E-state index is 13.3. The first kappa shape index (κ1) is 14.0. The molecule has 0 aromatic heterocycles. The van der Waals surface area contributed by atoms with Gasteiger partial charge in [-0.3, -0.25) is 4.57 Å². The van der Waals surface area contributed by atoms with Crippen LogP contribution in [0.15, 0.2) is 0 Å². The number of halogens is 2. The molecule has 0 aliphatic carbocycles. The van der Waals surface area contributed by atoms with Crippen LogP contribution in [0.4, 0.5) is 8.78 Å². The molecule has 0 saturated heterocycles. The van der Waals surface area contributed by atoms with Crippen LogP contribution < -0.4 is 0 Å². The van der Waals surface area contributed by atoms with E-state index in [0.29, 0.717) is 0 Å². The summed E-state index contributed by atoms with van der Waals surface area (Å²) in [6.07, 6.45) is -0.249. The van der Waals surface area contributed by atoms with Gasteiger partial charge < -0.3 is 9.05 Å². The van der Waals surface area contributed by atoms with Crippen LogP contribution in [0.5, 0.6) is 0 Å². The Kier molecular flexibility index (Phi) is 5.79. The lowest BCUT2D eigenvalue weighted by Crippen LogP contribution is -2.20. The van der Waals surface area contributed by atoms with Crippen molar-refractivity contribution in [2.24, 2.45) is 0 Å². The van der Waals surface area contributed by atoms with Gasteiger partial charge in [0.25, 0.3) is 0 Å². The van der Waals surface area contributed by atoms with Gasteiger partial charge in [0.15, 0.2) is 0 Å². The van der Waals surface area contributed by atoms with Gasteiger partial charge in [0.1, 0.15) is 0 Å². The molecule has 6 heteroatoms. The van der Waals surface area contributed by atoms with Gasteiger partial charge in [0.2, 0.25) is 0 Å². The average molecular weight is 230 g/mol. The zero-order chi connectivity index (χ0) is 11.2. The SMILES string of the molecule is CCCC(F)(F)P(=O)(OCC)OCC. The molecular formula is C8H17F2O3P. The van der Waals surface area contributed by atoms with Crippen LogP contribution in [0.25, 0.3) is 0 Å². The molecule has 0 amide bonds. The van der Waals surface area contributed by atoms with E-state index in [1.165, 1.54) is 13.8 Å². The lowest BCUT2D eigenvalue weighted by molar-refractivity contribution is 0.0311. The minimum atomic E-state index is -4.27. The molecule has 3 nitrogen and oxygen atoms in total. The third kappa shape index (κ3) is 3.30. The fourth-order valence-corrected chi connectivity index (χ4v) is 2.63. The lowest BCUT2D eigenvalue weighted by Gasteiger charge is -2.25. The smallest absolute Gasteiger partial charge is 0.305 e. The Morgan fingerprint density at radius 3 is 1.86 bits per heavy atom. The Hall–Kier alpha value is 0.01000. The van der Waals surface area contributed by atoms with Gasteiger partial charge in [0.05, 0.1) is 13.2 Å². The van der Waals surface area contributed by atoms with Crippen molar-refractivity contribution in [1.82, 2.24) is 0 Å². The highest BCUT2D eigenvalue weighted by Crippen LogP contribution is 2.63. The van der Waals surface area contributed by atoms with E-state index < -0.39 is 19.7 Å². The average Bonchev–Trinajstić information content (AvgIpc) is 2.04. The maximum Gasteiger partial charge on any atom is 0.399 e. The molecule has 0 saturated carbocycles. The minimum absolute atomic E-state index is 0.0451. The molecular weight excluding hydrogens is 213 g/mol. The van der Waals surface area contributed by atoms with Crippen LogP contribution >= 0.6 is 7.60 Å². The Morgan fingerprint density at radius 2 is 1.57 bits per heavy atom. The van der Waals surface area contributed by atoms with Crippen molar-refractivity contribution in [1.29, 1.82) is 0 Å². The molecule has 86 valence electrons. The third-order valence-corrected chi connectivity index (χ3v) is 3.77. The van der Waals surface area contributed by atoms with Gasteiger partial charge in [-0.25, -0.2) is 0 Å². The van der Waals surface area contributed by atoms with E-state index in [1.54, 1.807) is 6.92 Å². The van der Waals surface area contributed by atoms with Crippen LogP contribution in [0.1, 0.15) is 33.6 Å². The second kappa shape index (κ2) is 5.79. The monoisotopic (exact) mass is 230 g/mol. The highest BCUT2D eigenvalue weighted by Gasteiger charge is 2.52. The normalized spacial score (nSPS) is 13.2. The van der Waals surface area contributed by atoms with Crippen LogP contribution in [0, 0.1) is 0 Å². The molecule has 0 atom stereocenters. The minimum Gasteiger partial charge on any atom is -0.305 e. The summed E-state index contributed by atoms with van der Waals surface area (Å²) in [6, 6.07) is 0. The zero-order valence-electron chi connectivity index (χ0n) is 8.76. The first-order valence-corrected chi connectivity index (χ1v) is 6.24. The van der Waals surface area contributed by atoms with E-state index in [1.807, 2.05) is 0 Å². The molecule has 0 N–H and O–H groups in total. The van der Waals surface area contributed by atoms with Crippen LogP contribution in [-0.4, -0.2) is 18.9 Å². The number of alkyl halides is 2. The quantitative estimate of drug-likeness (QED) is 0.626. The summed E-state index contributed by atoms with van der Waals surface area (Å²) in [5, 5.41) is 0. The molecule has 14 heavy (non-hydrogen) atoms. The Balaban J connectivity index is 4.69. The van der Waals surface area contributed by atoms with Crippen LogP contribution in [0.3, 0.4) is 0 Å². The molecule has 0 fully saturated rings. The zero-order valence-corrected chi connectivity index (χ0v) is 9.65. The molecule has 0 bridgehead atoms. The van der Waals surface area contributed by atoms with Crippen molar-refractivity contribution < 1.29 is 22.4 Å². The maximum absolute atomic E-state index is 13.3. The Morgan fingerprint density at radius 1 is 1.14 bits per heavy atom. The van der Waals surface area contributed by atoms with Crippen molar-refractivity contribution in [2.75, 3.05) is 13.2 Å². The van der Waals surface area contributed by atoms with Gasteiger partial charge in [-0.05, 0) is 20.3 Å². The highest BCUT2D eigenvalue weighted by molar-refractivity contribution is 7.55. The summed E-state index contributed by atoms with van der Waals surface area (Å²) >= 11 is 0. The number of rotatable bonds is 7. The molecule has 0 aliphatic rings. The Labute approximate surface area is 83.3 Å². The second-order valence-electron chi connectivity index (χ2n) is 2.75. The molecule has 0 aliphatic heterocycles. The number of hydrogen-bond donors (Lipinski definition) is 0. The molecule has 0 unspecified atom stereocenters. The predicted molar refractivity (Wildman–Crippen MR) is 50.7 cm³/mol. The summed E-state index contributed by atoms with van der Waals surface area (Å²) in [6.45, 7) is 4.52. The fraction of sp³-hybridized carbons (Fsp3) is 1.00. The predicted octanol–water partition coefficient (Wildman–Crippen LogP) is 3.65. The van der Waals surface area contributed by atoms with E-state index in [4.69, 9.17) is 0 Å². The molecule has 0 heterocycles. The molecule has 0 radical (unpaired) electrons. The van der Waals surface area contributed by atoms with E-state index in [9.17, 15) is 13.3 Å². The van der Waals surface area contributed by atoms with Gasteiger partial charge in [0, 0.05) is 6.42 Å². The largest absolute Gasteiger partial charge is 0.399 e. The highest BCUT2D eigenvalue weighted by atomic mass is 31.2. The van der Waals surface area contributed by atoms with Gasteiger partial charge in [-0.1, -0.05) is 6.92 Å². The summed E-state index contributed by atoms with van der Waals surface area (Å²) < 4.78 is 47.4. The molecule has 0 aromatic rings. The summed E-state index contributed by atoms with van der Waals surface area (Å²) in [5.41, 5.74) is -3.38. The van der Waals surface area contributed by atoms with E-state index in [0.717, 1.165) is 0 Å².